The lowest BCUT2D eigenvalue weighted by molar-refractivity contribution is 0.400. The van der Waals surface area contributed by atoms with Gasteiger partial charge in [-0.3, -0.25) is 0 Å². The summed E-state index contributed by atoms with van der Waals surface area (Å²) in [4.78, 5) is 12.6. The predicted molar refractivity (Wildman–Crippen MR) is 72.5 cm³/mol. The first-order chi connectivity index (χ1) is 9.26. The number of nitrogens with zero attached hydrogens (tertiary/aromatic N) is 5. The monoisotopic (exact) mass is 280 g/mol. The Kier molecular flexibility index (Phi) is 4.56. The van der Waals surface area contributed by atoms with Crippen LogP contribution < -0.4 is 10.1 Å². The average molecular weight is 280 g/mol. The van der Waals surface area contributed by atoms with E-state index in [1.165, 1.54) is 24.4 Å². The Morgan fingerprint density at radius 3 is 2.79 bits per heavy atom. The molecule has 0 fully saturated rings. The molecule has 8 heteroatoms. The van der Waals surface area contributed by atoms with Crippen molar-refractivity contribution in [2.45, 2.75) is 23.5 Å². The van der Waals surface area contributed by atoms with Crippen LogP contribution in [-0.4, -0.2) is 38.4 Å². The summed E-state index contributed by atoms with van der Waals surface area (Å²) in [6, 6.07) is 0. The maximum absolute atomic E-state index is 5.40. The van der Waals surface area contributed by atoms with E-state index in [1.54, 1.807) is 11.8 Å². The van der Waals surface area contributed by atoms with Crippen molar-refractivity contribution in [3.05, 3.63) is 12.7 Å². The smallest absolute Gasteiger partial charge is 0.194 e. The van der Waals surface area contributed by atoms with E-state index >= 15 is 0 Å². The van der Waals surface area contributed by atoms with Crippen molar-refractivity contribution >= 4 is 17.6 Å². The molecule has 2 aromatic heterocycles. The number of anilines is 1. The number of aromatic nitrogens is 5. The Labute approximate surface area is 115 Å². The number of ether oxygens (including phenoxy) is 1. The lowest BCUT2D eigenvalue weighted by atomic mass is 10.4. The van der Waals surface area contributed by atoms with Crippen molar-refractivity contribution in [2.24, 2.45) is 7.05 Å². The average Bonchev–Trinajstić information content (AvgIpc) is 2.82. The van der Waals surface area contributed by atoms with Crippen LogP contribution in [0.3, 0.4) is 0 Å². The summed E-state index contributed by atoms with van der Waals surface area (Å²) in [7, 11) is 3.44. The zero-order chi connectivity index (χ0) is 13.7. The van der Waals surface area contributed by atoms with Gasteiger partial charge in [-0.25, -0.2) is 19.6 Å². The Bertz CT molecular complexity index is 544. The van der Waals surface area contributed by atoms with Crippen LogP contribution in [0.4, 0.5) is 5.82 Å². The highest BCUT2D eigenvalue weighted by molar-refractivity contribution is 7.99. The number of hydrogen-bond acceptors (Lipinski definition) is 7. The van der Waals surface area contributed by atoms with Gasteiger partial charge in [-0.1, -0.05) is 6.92 Å². The van der Waals surface area contributed by atoms with Crippen molar-refractivity contribution in [1.29, 1.82) is 0 Å². The topological polar surface area (TPSA) is 77.8 Å². The van der Waals surface area contributed by atoms with Crippen molar-refractivity contribution in [3.8, 4) is 5.75 Å². The summed E-state index contributed by atoms with van der Waals surface area (Å²) in [5.74, 6) is 1.33. The van der Waals surface area contributed by atoms with Crippen LogP contribution in [0.25, 0.3) is 0 Å². The maximum atomic E-state index is 5.40. The minimum Gasteiger partial charge on any atom is -0.490 e. The number of methoxy groups -OCH3 is 1. The van der Waals surface area contributed by atoms with Crippen LogP contribution in [0.5, 0.6) is 5.75 Å². The summed E-state index contributed by atoms with van der Waals surface area (Å²) in [5, 5.41) is 8.70. The van der Waals surface area contributed by atoms with Crippen LogP contribution in [0.1, 0.15) is 13.3 Å². The predicted octanol–water partition coefficient (Wildman–Crippen LogP) is 1.59. The normalized spacial score (nSPS) is 10.5. The van der Waals surface area contributed by atoms with E-state index in [1.807, 2.05) is 7.05 Å². The van der Waals surface area contributed by atoms with Gasteiger partial charge in [0.25, 0.3) is 0 Å². The first-order valence-corrected chi connectivity index (χ1v) is 6.72. The lowest BCUT2D eigenvalue weighted by Crippen LogP contribution is -2.05. The quantitative estimate of drug-likeness (QED) is 0.805. The van der Waals surface area contributed by atoms with Gasteiger partial charge in [-0.2, -0.15) is 5.10 Å². The van der Waals surface area contributed by atoms with E-state index in [0.717, 1.165) is 18.1 Å². The highest BCUT2D eigenvalue weighted by atomic mass is 32.2. The Balaban J connectivity index is 2.27. The highest BCUT2D eigenvalue weighted by Gasteiger charge is 2.15. The number of aryl methyl sites for hydroxylation is 1. The number of hydrogen-bond donors (Lipinski definition) is 1. The van der Waals surface area contributed by atoms with Crippen molar-refractivity contribution in [3.63, 3.8) is 0 Å². The molecule has 0 aliphatic rings. The number of rotatable bonds is 6. The second-order valence-electron chi connectivity index (χ2n) is 3.76. The first-order valence-electron chi connectivity index (χ1n) is 5.91. The third-order valence-electron chi connectivity index (χ3n) is 2.38. The molecule has 0 spiro atoms. The molecule has 102 valence electrons. The minimum absolute atomic E-state index is 0.629. The van der Waals surface area contributed by atoms with Gasteiger partial charge in [0.15, 0.2) is 21.7 Å². The molecule has 0 aliphatic heterocycles. The van der Waals surface area contributed by atoms with Crippen LogP contribution in [0, 0.1) is 0 Å². The Hall–Kier alpha value is -1.83. The van der Waals surface area contributed by atoms with Crippen molar-refractivity contribution in [2.75, 3.05) is 19.0 Å². The molecule has 0 atom stereocenters. The summed E-state index contributed by atoms with van der Waals surface area (Å²) in [6.45, 7) is 2.93. The molecule has 0 unspecified atom stereocenters. The highest BCUT2D eigenvalue weighted by Crippen LogP contribution is 2.35. The zero-order valence-corrected chi connectivity index (χ0v) is 11.9. The van der Waals surface area contributed by atoms with Crippen molar-refractivity contribution in [1.82, 2.24) is 24.7 Å². The summed E-state index contributed by atoms with van der Waals surface area (Å²) >= 11 is 1.39. The molecule has 0 amide bonds. The van der Waals surface area contributed by atoms with E-state index in [4.69, 9.17) is 4.74 Å². The molecule has 2 aromatic rings. The van der Waals surface area contributed by atoms with Crippen LogP contribution in [0.15, 0.2) is 22.8 Å². The second-order valence-corrected chi connectivity index (χ2v) is 4.71. The fraction of sp³-hybridized carbons (Fsp3) is 0.455. The van der Waals surface area contributed by atoms with Gasteiger partial charge >= 0.3 is 0 Å². The zero-order valence-electron chi connectivity index (χ0n) is 11.1. The van der Waals surface area contributed by atoms with Gasteiger partial charge in [-0.05, 0) is 18.2 Å². The molecule has 0 aromatic carbocycles. The molecule has 2 rings (SSSR count). The van der Waals surface area contributed by atoms with Crippen LogP contribution in [0.2, 0.25) is 0 Å². The second kappa shape index (κ2) is 6.37. The molecule has 7 nitrogen and oxygen atoms in total. The molecule has 19 heavy (non-hydrogen) atoms. The third kappa shape index (κ3) is 3.14. The summed E-state index contributed by atoms with van der Waals surface area (Å²) < 4.78 is 7.08. The van der Waals surface area contributed by atoms with Crippen LogP contribution >= 0.6 is 11.8 Å². The molecule has 2 heterocycles. The van der Waals surface area contributed by atoms with Gasteiger partial charge in [0.05, 0.1) is 7.11 Å². The third-order valence-corrected chi connectivity index (χ3v) is 3.41. The fourth-order valence-electron chi connectivity index (χ4n) is 1.45. The summed E-state index contributed by atoms with van der Waals surface area (Å²) in [6.07, 6.45) is 4.03. The largest absolute Gasteiger partial charge is 0.490 e. The van der Waals surface area contributed by atoms with Crippen molar-refractivity contribution < 1.29 is 4.74 Å². The molecule has 0 saturated heterocycles. The van der Waals surface area contributed by atoms with Gasteiger partial charge < -0.3 is 10.1 Å². The van der Waals surface area contributed by atoms with E-state index in [0.29, 0.717) is 16.6 Å². The minimum atomic E-state index is 0.629. The van der Waals surface area contributed by atoms with Gasteiger partial charge in [0.1, 0.15) is 12.7 Å². The molecular weight excluding hydrogens is 264 g/mol. The van der Waals surface area contributed by atoms with E-state index < -0.39 is 0 Å². The van der Waals surface area contributed by atoms with E-state index in [9.17, 15) is 0 Å². The van der Waals surface area contributed by atoms with Gasteiger partial charge in [0, 0.05) is 13.6 Å². The molecule has 0 bridgehead atoms. The molecular formula is C11H16N6OS. The molecule has 0 aliphatic carbocycles. The molecule has 0 radical (unpaired) electrons. The fourth-order valence-corrected chi connectivity index (χ4v) is 2.27. The summed E-state index contributed by atoms with van der Waals surface area (Å²) in [5.41, 5.74) is 0. The SMILES string of the molecule is CCCNc1ncnc(Sc2ncnn2C)c1OC. The molecule has 1 N–H and O–H groups in total. The maximum Gasteiger partial charge on any atom is 0.194 e. The first kappa shape index (κ1) is 13.6. The number of nitrogens with one attached hydrogen (secondary N) is 1. The standard InChI is InChI=1S/C11H16N6OS/c1-4-5-12-9-8(18-3)10(14-6-13-9)19-11-15-7-16-17(11)2/h6-7H,4-5H2,1-3H3,(H,12,13,14). The van der Waals surface area contributed by atoms with E-state index in [-0.39, 0.29) is 0 Å². The van der Waals surface area contributed by atoms with Gasteiger partial charge in [0.2, 0.25) is 0 Å². The van der Waals surface area contributed by atoms with E-state index in [2.05, 4.69) is 32.3 Å². The lowest BCUT2D eigenvalue weighted by Gasteiger charge is -2.11. The van der Waals surface area contributed by atoms with Gasteiger partial charge in [-0.15, -0.1) is 0 Å². The van der Waals surface area contributed by atoms with Crippen LogP contribution in [-0.2, 0) is 7.05 Å². The Morgan fingerprint density at radius 2 is 2.16 bits per heavy atom. The Morgan fingerprint density at radius 1 is 1.32 bits per heavy atom. The molecule has 0 saturated carbocycles.